The molecule has 20 heavy (non-hydrogen) atoms. The Hall–Kier alpha value is -1.40. The molecule has 0 radical (unpaired) electrons. The van der Waals surface area contributed by atoms with Gasteiger partial charge in [-0.15, -0.1) is 0 Å². The number of carbonyl (C=O) groups is 1. The van der Waals surface area contributed by atoms with Gasteiger partial charge in [0.05, 0.1) is 5.60 Å². The maximum absolute atomic E-state index is 11.8. The molecule has 0 spiro atoms. The highest BCUT2D eigenvalue weighted by Gasteiger charge is 2.22. The van der Waals surface area contributed by atoms with Gasteiger partial charge in [-0.2, -0.15) is 0 Å². The maximum atomic E-state index is 11.8. The Morgan fingerprint density at radius 2 is 2.00 bits per heavy atom. The Morgan fingerprint density at radius 3 is 2.55 bits per heavy atom. The quantitative estimate of drug-likeness (QED) is 0.752. The number of carbonyl (C=O) groups excluding carboxylic acids is 1. The monoisotopic (exact) mass is 298 g/mol. The van der Waals surface area contributed by atoms with Gasteiger partial charge in [0.15, 0.2) is 0 Å². The van der Waals surface area contributed by atoms with Gasteiger partial charge in [-0.05, 0) is 31.0 Å². The second kappa shape index (κ2) is 7.40. The van der Waals surface area contributed by atoms with Crippen molar-refractivity contribution in [2.45, 2.75) is 37.2 Å². The average Bonchev–Trinajstić information content (AvgIpc) is 2.45. The summed E-state index contributed by atoms with van der Waals surface area (Å²) in [6.45, 7) is 3.96. The molecule has 0 fully saturated rings. The molecule has 112 valence electrons. The van der Waals surface area contributed by atoms with Crippen LogP contribution in [-0.4, -0.2) is 33.7 Å². The highest BCUT2D eigenvalue weighted by molar-refractivity contribution is 7.84. The first-order chi connectivity index (χ1) is 9.40. The van der Waals surface area contributed by atoms with Crippen molar-refractivity contribution in [3.8, 4) is 0 Å². The van der Waals surface area contributed by atoms with Crippen molar-refractivity contribution < 1.29 is 14.1 Å². The molecular formula is C14H22N2O3S. The van der Waals surface area contributed by atoms with Gasteiger partial charge >= 0.3 is 6.03 Å². The zero-order valence-corrected chi connectivity index (χ0v) is 12.9. The molecule has 0 aromatic heterocycles. The second-order valence-corrected chi connectivity index (χ2v) is 6.10. The molecule has 3 N–H and O–H groups in total. The summed E-state index contributed by atoms with van der Waals surface area (Å²) in [6.07, 6.45) is 2.74. The molecule has 1 atom stereocenters. The molecule has 0 aliphatic carbocycles. The number of hydrogen-bond acceptors (Lipinski definition) is 3. The molecule has 5 nitrogen and oxygen atoms in total. The highest BCUT2D eigenvalue weighted by Crippen LogP contribution is 2.14. The van der Waals surface area contributed by atoms with E-state index in [0.29, 0.717) is 23.4 Å². The molecule has 1 aromatic carbocycles. The van der Waals surface area contributed by atoms with Crippen LogP contribution < -0.4 is 10.6 Å². The summed E-state index contributed by atoms with van der Waals surface area (Å²) in [6, 6.07) is 6.49. The number of aliphatic hydroxyl groups is 1. The lowest BCUT2D eigenvalue weighted by Gasteiger charge is -2.25. The lowest BCUT2D eigenvalue weighted by molar-refractivity contribution is 0.0354. The fourth-order valence-electron chi connectivity index (χ4n) is 1.67. The Bertz CT molecular complexity index is 487. The molecule has 6 heteroatoms. The van der Waals surface area contributed by atoms with Crippen LogP contribution in [0, 0.1) is 0 Å². The molecule has 0 aliphatic heterocycles. The van der Waals surface area contributed by atoms with Gasteiger partial charge in [-0.1, -0.05) is 19.9 Å². The van der Waals surface area contributed by atoms with Gasteiger partial charge in [0, 0.05) is 34.2 Å². The van der Waals surface area contributed by atoms with Gasteiger partial charge in [0.2, 0.25) is 0 Å². The van der Waals surface area contributed by atoms with E-state index in [1.54, 1.807) is 30.5 Å². The van der Waals surface area contributed by atoms with E-state index in [4.69, 9.17) is 0 Å². The summed E-state index contributed by atoms with van der Waals surface area (Å²) in [5, 5.41) is 15.4. The number of amides is 2. The van der Waals surface area contributed by atoms with Crippen LogP contribution in [0.3, 0.4) is 0 Å². The topological polar surface area (TPSA) is 78.4 Å². The number of anilines is 1. The van der Waals surface area contributed by atoms with Crippen LogP contribution in [-0.2, 0) is 10.8 Å². The van der Waals surface area contributed by atoms with Crippen molar-refractivity contribution in [1.29, 1.82) is 0 Å². The minimum atomic E-state index is -1.09. The van der Waals surface area contributed by atoms with Crippen LogP contribution >= 0.6 is 0 Å². The molecule has 0 heterocycles. The van der Waals surface area contributed by atoms with Crippen LogP contribution in [0.25, 0.3) is 0 Å². The normalized spacial score (nSPS) is 12.8. The van der Waals surface area contributed by atoms with Crippen molar-refractivity contribution in [3.05, 3.63) is 24.3 Å². The van der Waals surface area contributed by atoms with Crippen molar-refractivity contribution in [3.63, 3.8) is 0 Å². The molecule has 1 unspecified atom stereocenters. The number of nitrogens with one attached hydrogen (secondary N) is 2. The third-order valence-electron chi connectivity index (χ3n) is 3.32. The first-order valence-corrected chi connectivity index (χ1v) is 8.16. The molecule has 2 amide bonds. The maximum Gasteiger partial charge on any atom is 0.319 e. The third-order valence-corrected chi connectivity index (χ3v) is 4.24. The lowest BCUT2D eigenvalue weighted by atomic mass is 9.98. The molecule has 0 saturated heterocycles. The van der Waals surface area contributed by atoms with Crippen LogP contribution in [0.15, 0.2) is 29.2 Å². The van der Waals surface area contributed by atoms with Crippen LogP contribution in [0.5, 0.6) is 0 Å². The van der Waals surface area contributed by atoms with E-state index in [1.807, 2.05) is 13.8 Å². The fraction of sp³-hybridized carbons (Fsp3) is 0.500. The minimum absolute atomic E-state index is 0.200. The summed E-state index contributed by atoms with van der Waals surface area (Å²) in [5.74, 6) is 0. The van der Waals surface area contributed by atoms with Gasteiger partial charge in [0.25, 0.3) is 0 Å². The largest absolute Gasteiger partial charge is 0.388 e. The first-order valence-electron chi connectivity index (χ1n) is 6.61. The van der Waals surface area contributed by atoms with E-state index in [1.165, 1.54) is 0 Å². The lowest BCUT2D eigenvalue weighted by Crippen LogP contribution is -2.43. The Balaban J connectivity index is 2.59. The fourth-order valence-corrected chi connectivity index (χ4v) is 2.24. The standard InChI is InChI=1S/C14H22N2O3S/c1-4-14(18,5-2)10-15-13(17)16-11-7-6-8-12(9-11)20(3)19/h6-9,18H,4-5,10H2,1-3H3,(H2,15,16,17). The van der Waals surface area contributed by atoms with Crippen LogP contribution in [0.2, 0.25) is 0 Å². The summed E-state index contributed by atoms with van der Waals surface area (Å²) in [5.41, 5.74) is -0.295. The smallest absolute Gasteiger partial charge is 0.319 e. The molecule has 0 bridgehead atoms. The average molecular weight is 298 g/mol. The van der Waals surface area contributed by atoms with Gasteiger partial charge in [-0.3, -0.25) is 4.21 Å². The Labute approximate surface area is 122 Å². The minimum Gasteiger partial charge on any atom is -0.388 e. The molecule has 0 saturated carbocycles. The van der Waals surface area contributed by atoms with E-state index in [9.17, 15) is 14.1 Å². The van der Waals surface area contributed by atoms with E-state index >= 15 is 0 Å². The molecule has 1 rings (SSSR count). The van der Waals surface area contributed by atoms with Gasteiger partial charge < -0.3 is 15.7 Å². The predicted octanol–water partition coefficient (Wildman–Crippen LogP) is 2.10. The summed E-state index contributed by atoms with van der Waals surface area (Å²) in [7, 11) is -1.09. The zero-order chi connectivity index (χ0) is 15.2. The van der Waals surface area contributed by atoms with E-state index in [0.717, 1.165) is 0 Å². The van der Waals surface area contributed by atoms with Crippen LogP contribution in [0.4, 0.5) is 10.5 Å². The Kier molecular flexibility index (Phi) is 6.16. The first kappa shape index (κ1) is 16.7. The SMILES string of the molecule is CCC(O)(CC)CNC(=O)Nc1cccc(S(C)=O)c1. The number of benzene rings is 1. The zero-order valence-electron chi connectivity index (χ0n) is 12.1. The van der Waals surface area contributed by atoms with Crippen LogP contribution in [0.1, 0.15) is 26.7 Å². The number of hydrogen-bond donors (Lipinski definition) is 3. The third kappa shape index (κ3) is 4.94. The van der Waals surface area contributed by atoms with Crippen molar-refractivity contribution in [1.82, 2.24) is 5.32 Å². The number of rotatable bonds is 6. The molecular weight excluding hydrogens is 276 g/mol. The summed E-state index contributed by atoms with van der Waals surface area (Å²) in [4.78, 5) is 12.4. The predicted molar refractivity (Wildman–Crippen MR) is 81.3 cm³/mol. The number of urea groups is 1. The Morgan fingerprint density at radius 1 is 1.35 bits per heavy atom. The van der Waals surface area contributed by atoms with E-state index < -0.39 is 16.4 Å². The van der Waals surface area contributed by atoms with E-state index in [-0.39, 0.29) is 12.6 Å². The van der Waals surface area contributed by atoms with Crippen molar-refractivity contribution in [2.75, 3.05) is 18.1 Å². The van der Waals surface area contributed by atoms with Crippen molar-refractivity contribution >= 4 is 22.5 Å². The summed E-state index contributed by atoms with van der Waals surface area (Å²) < 4.78 is 11.4. The second-order valence-electron chi connectivity index (χ2n) is 4.72. The highest BCUT2D eigenvalue weighted by atomic mass is 32.2. The molecule has 0 aliphatic rings. The van der Waals surface area contributed by atoms with Gasteiger partial charge in [0.1, 0.15) is 0 Å². The van der Waals surface area contributed by atoms with Gasteiger partial charge in [-0.25, -0.2) is 4.79 Å². The molecule has 1 aromatic rings. The van der Waals surface area contributed by atoms with Crippen molar-refractivity contribution in [2.24, 2.45) is 0 Å². The summed E-state index contributed by atoms with van der Waals surface area (Å²) >= 11 is 0. The van der Waals surface area contributed by atoms with E-state index in [2.05, 4.69) is 10.6 Å².